The quantitative estimate of drug-likeness (QED) is 0.758. The molecule has 7 nitrogen and oxygen atoms in total. The molecule has 0 atom stereocenters. The average molecular weight is 378 g/mol. The molecule has 0 aliphatic carbocycles. The number of nitrogens with one attached hydrogen (secondary N) is 1. The minimum Gasteiger partial charge on any atom is -0.450 e. The zero-order valence-corrected chi connectivity index (χ0v) is 15.7. The Bertz CT molecular complexity index is 1040. The lowest BCUT2D eigenvalue weighted by atomic mass is 10.1. The first-order chi connectivity index (χ1) is 13.7. The highest BCUT2D eigenvalue weighted by Gasteiger charge is 2.22. The van der Waals surface area contributed by atoms with Gasteiger partial charge in [0.25, 0.3) is 5.56 Å². The van der Waals surface area contributed by atoms with Crippen LogP contribution in [0.2, 0.25) is 0 Å². The summed E-state index contributed by atoms with van der Waals surface area (Å²) in [6.07, 6.45) is -0.272. The summed E-state index contributed by atoms with van der Waals surface area (Å²) in [5, 5.41) is 0.882. The number of piperazine rings is 1. The van der Waals surface area contributed by atoms with E-state index in [1.54, 1.807) is 11.8 Å². The van der Waals surface area contributed by atoms with Crippen LogP contribution in [0.4, 0.5) is 10.6 Å². The molecule has 1 amide bonds. The fraction of sp³-hybridized carbons (Fsp3) is 0.286. The summed E-state index contributed by atoms with van der Waals surface area (Å²) in [5.74, 6) is 0.791. The monoisotopic (exact) mass is 378 g/mol. The van der Waals surface area contributed by atoms with Gasteiger partial charge in [-0.05, 0) is 30.7 Å². The lowest BCUT2D eigenvalue weighted by Crippen LogP contribution is -2.49. The van der Waals surface area contributed by atoms with Crippen LogP contribution >= 0.6 is 0 Å². The van der Waals surface area contributed by atoms with Crippen molar-refractivity contribution in [3.05, 3.63) is 58.9 Å². The second-order valence-electron chi connectivity index (χ2n) is 6.66. The Hall–Kier alpha value is -3.35. The molecule has 1 N–H and O–H groups in total. The highest BCUT2D eigenvalue weighted by molar-refractivity contribution is 5.82. The standard InChI is InChI=1S/C21H22N4O3/c1-2-28-21(27)25-12-10-24(11-13-25)18-9-8-16-14-17(15-6-4-3-5-7-15)20(26)23-19(16)22-18/h3-9,14H,2,10-13H2,1H3,(H,22,23,26). The zero-order valence-electron chi connectivity index (χ0n) is 15.7. The van der Waals surface area contributed by atoms with Crippen molar-refractivity contribution < 1.29 is 9.53 Å². The summed E-state index contributed by atoms with van der Waals surface area (Å²) in [5.41, 5.74) is 1.92. The lowest BCUT2D eigenvalue weighted by molar-refractivity contribution is 0.105. The van der Waals surface area contributed by atoms with Crippen LogP contribution in [-0.2, 0) is 4.74 Å². The smallest absolute Gasteiger partial charge is 0.409 e. The number of hydrogen-bond donors (Lipinski definition) is 1. The summed E-state index contributed by atoms with van der Waals surface area (Å²) in [7, 11) is 0. The molecule has 3 heterocycles. The number of amides is 1. The van der Waals surface area contributed by atoms with Crippen molar-refractivity contribution in [2.45, 2.75) is 6.92 Å². The molecule has 4 rings (SSSR count). The number of hydrogen-bond acceptors (Lipinski definition) is 5. The van der Waals surface area contributed by atoms with E-state index >= 15 is 0 Å². The van der Waals surface area contributed by atoms with E-state index in [0.717, 1.165) is 16.8 Å². The van der Waals surface area contributed by atoms with Crippen LogP contribution in [-0.4, -0.2) is 53.7 Å². The van der Waals surface area contributed by atoms with Crippen molar-refractivity contribution in [3.8, 4) is 11.1 Å². The minimum atomic E-state index is -0.272. The number of pyridine rings is 2. The van der Waals surface area contributed by atoms with Gasteiger partial charge in [-0.15, -0.1) is 0 Å². The van der Waals surface area contributed by atoms with E-state index in [1.165, 1.54) is 0 Å². The number of carbonyl (C=O) groups is 1. The highest BCUT2D eigenvalue weighted by Crippen LogP contribution is 2.22. The van der Waals surface area contributed by atoms with Crippen LogP contribution in [0.25, 0.3) is 22.2 Å². The fourth-order valence-electron chi connectivity index (χ4n) is 3.41. The van der Waals surface area contributed by atoms with E-state index in [4.69, 9.17) is 4.74 Å². The van der Waals surface area contributed by atoms with E-state index in [-0.39, 0.29) is 11.7 Å². The van der Waals surface area contributed by atoms with E-state index in [0.29, 0.717) is 44.0 Å². The van der Waals surface area contributed by atoms with Crippen molar-refractivity contribution >= 4 is 22.9 Å². The molecule has 3 aromatic rings. The van der Waals surface area contributed by atoms with E-state index < -0.39 is 0 Å². The minimum absolute atomic E-state index is 0.157. The third-order valence-electron chi connectivity index (χ3n) is 4.90. The fourth-order valence-corrected chi connectivity index (χ4v) is 3.41. The van der Waals surface area contributed by atoms with Crippen molar-refractivity contribution in [3.63, 3.8) is 0 Å². The van der Waals surface area contributed by atoms with Crippen LogP contribution < -0.4 is 10.5 Å². The van der Waals surface area contributed by atoms with Gasteiger partial charge in [-0.2, -0.15) is 0 Å². The molecular weight excluding hydrogens is 356 g/mol. The lowest BCUT2D eigenvalue weighted by Gasteiger charge is -2.34. The molecule has 1 fully saturated rings. The number of H-pyrrole nitrogens is 1. The van der Waals surface area contributed by atoms with Gasteiger partial charge in [0.15, 0.2) is 0 Å². The molecule has 1 aromatic carbocycles. The SMILES string of the molecule is CCOC(=O)N1CCN(c2ccc3cc(-c4ccccc4)c(=O)[nH]c3n2)CC1. The normalized spacial score (nSPS) is 14.3. The number of aromatic amines is 1. The number of carbonyl (C=O) groups excluding carboxylic acids is 1. The third kappa shape index (κ3) is 3.55. The van der Waals surface area contributed by atoms with Gasteiger partial charge in [-0.25, -0.2) is 9.78 Å². The third-order valence-corrected chi connectivity index (χ3v) is 4.90. The van der Waals surface area contributed by atoms with E-state index in [9.17, 15) is 9.59 Å². The predicted octanol–water partition coefficient (Wildman–Crippen LogP) is 2.87. The van der Waals surface area contributed by atoms with Crippen LogP contribution in [0.3, 0.4) is 0 Å². The molecule has 1 aliphatic rings. The topological polar surface area (TPSA) is 78.5 Å². The van der Waals surface area contributed by atoms with E-state index in [2.05, 4.69) is 14.9 Å². The molecule has 0 bridgehead atoms. The number of benzene rings is 1. The molecule has 144 valence electrons. The molecule has 2 aromatic heterocycles. The second-order valence-corrected chi connectivity index (χ2v) is 6.66. The van der Waals surface area contributed by atoms with Gasteiger partial charge in [-0.1, -0.05) is 30.3 Å². The van der Waals surface area contributed by atoms with E-state index in [1.807, 2.05) is 48.5 Å². The maximum atomic E-state index is 12.5. The Labute approximate surface area is 162 Å². The molecule has 1 saturated heterocycles. The summed E-state index contributed by atoms with van der Waals surface area (Å²) < 4.78 is 5.05. The Balaban J connectivity index is 1.56. The van der Waals surface area contributed by atoms with Gasteiger partial charge < -0.3 is 19.5 Å². The van der Waals surface area contributed by atoms with Gasteiger partial charge in [-0.3, -0.25) is 4.79 Å². The maximum absolute atomic E-state index is 12.5. The van der Waals surface area contributed by atoms with Crippen molar-refractivity contribution in [2.75, 3.05) is 37.7 Å². The first-order valence-corrected chi connectivity index (χ1v) is 9.42. The molecule has 0 spiro atoms. The van der Waals surface area contributed by atoms with Gasteiger partial charge in [0, 0.05) is 37.1 Å². The summed E-state index contributed by atoms with van der Waals surface area (Å²) in [4.78, 5) is 35.7. The molecule has 1 aliphatic heterocycles. The van der Waals surface area contributed by atoms with Gasteiger partial charge in [0.05, 0.1) is 6.61 Å². The number of nitrogens with zero attached hydrogens (tertiary/aromatic N) is 3. The van der Waals surface area contributed by atoms with Crippen LogP contribution in [0.15, 0.2) is 53.3 Å². The first-order valence-electron chi connectivity index (χ1n) is 9.42. The van der Waals surface area contributed by atoms with Crippen molar-refractivity contribution in [2.24, 2.45) is 0 Å². The first kappa shape index (κ1) is 18.0. The predicted molar refractivity (Wildman–Crippen MR) is 109 cm³/mol. The number of ether oxygens (including phenoxy) is 1. The number of rotatable bonds is 3. The molecule has 28 heavy (non-hydrogen) atoms. The Morgan fingerprint density at radius 1 is 1.11 bits per heavy atom. The van der Waals surface area contributed by atoms with Gasteiger partial charge >= 0.3 is 6.09 Å². The Morgan fingerprint density at radius 3 is 2.57 bits per heavy atom. The Kier molecular flexibility index (Phi) is 4.97. The molecule has 0 unspecified atom stereocenters. The van der Waals surface area contributed by atoms with Crippen LogP contribution in [0.5, 0.6) is 0 Å². The van der Waals surface area contributed by atoms with Gasteiger partial charge in [0.2, 0.25) is 0 Å². The van der Waals surface area contributed by atoms with Crippen LogP contribution in [0.1, 0.15) is 6.92 Å². The van der Waals surface area contributed by atoms with Crippen LogP contribution in [0, 0.1) is 0 Å². The highest BCUT2D eigenvalue weighted by atomic mass is 16.6. The summed E-state index contributed by atoms with van der Waals surface area (Å²) >= 11 is 0. The molecule has 7 heteroatoms. The number of anilines is 1. The van der Waals surface area contributed by atoms with Crippen molar-refractivity contribution in [1.29, 1.82) is 0 Å². The largest absolute Gasteiger partial charge is 0.450 e. The molecule has 0 saturated carbocycles. The number of fused-ring (bicyclic) bond motifs is 1. The van der Waals surface area contributed by atoms with Crippen molar-refractivity contribution in [1.82, 2.24) is 14.9 Å². The second kappa shape index (κ2) is 7.72. The summed E-state index contributed by atoms with van der Waals surface area (Å²) in [6.45, 7) is 4.69. The Morgan fingerprint density at radius 2 is 1.86 bits per heavy atom. The number of aromatic nitrogens is 2. The average Bonchev–Trinajstić information content (AvgIpc) is 2.74. The molecule has 0 radical (unpaired) electrons. The maximum Gasteiger partial charge on any atom is 0.409 e. The summed E-state index contributed by atoms with van der Waals surface area (Å²) in [6, 6.07) is 15.4. The zero-order chi connectivity index (χ0) is 19.5. The molecular formula is C21H22N4O3. The van der Waals surface area contributed by atoms with Gasteiger partial charge in [0.1, 0.15) is 11.5 Å².